The molecule has 8 heteroatoms. The molecule has 0 aromatic heterocycles. The van der Waals surface area contributed by atoms with Gasteiger partial charge in [0.25, 0.3) is 5.79 Å². The van der Waals surface area contributed by atoms with Crippen molar-refractivity contribution in [3.05, 3.63) is 11.1 Å². The lowest BCUT2D eigenvalue weighted by atomic mass is 9.81. The van der Waals surface area contributed by atoms with Crippen LogP contribution in [0.1, 0.15) is 53.9 Å². The third-order valence-corrected chi connectivity index (χ3v) is 6.00. The van der Waals surface area contributed by atoms with Crippen LogP contribution in [-0.2, 0) is 38.1 Å². The third-order valence-electron chi connectivity index (χ3n) is 6.00. The van der Waals surface area contributed by atoms with Gasteiger partial charge in [0.2, 0.25) is 0 Å². The summed E-state index contributed by atoms with van der Waals surface area (Å²) in [5, 5.41) is 0. The predicted octanol–water partition coefficient (Wildman–Crippen LogP) is 1.55. The summed E-state index contributed by atoms with van der Waals surface area (Å²) in [5.41, 5.74) is -0.513. The zero-order valence-corrected chi connectivity index (χ0v) is 16.1. The second-order valence-corrected chi connectivity index (χ2v) is 8.29. The summed E-state index contributed by atoms with van der Waals surface area (Å²) in [5.74, 6) is -3.39. The topological polar surface area (TPSA) is 104 Å². The predicted molar refractivity (Wildman–Crippen MR) is 89.3 cm³/mol. The number of fused-ring (bicyclic) bond motifs is 3. The van der Waals surface area contributed by atoms with E-state index in [2.05, 4.69) is 0 Å². The number of carbonyl (C=O) groups excluding carboxylic acids is 3. The Balaban J connectivity index is 1.85. The Morgan fingerprint density at radius 3 is 2.44 bits per heavy atom. The van der Waals surface area contributed by atoms with Gasteiger partial charge in [-0.05, 0) is 33.6 Å². The second-order valence-electron chi connectivity index (χ2n) is 8.29. The molecule has 0 radical (unpaired) electrons. The van der Waals surface area contributed by atoms with Crippen LogP contribution in [0.25, 0.3) is 0 Å². The lowest BCUT2D eigenvalue weighted by molar-refractivity contribution is -0.214. The van der Waals surface area contributed by atoms with Crippen molar-refractivity contribution in [1.29, 1.82) is 0 Å². The molecule has 1 saturated carbocycles. The maximum absolute atomic E-state index is 12.5. The van der Waals surface area contributed by atoms with Crippen molar-refractivity contribution in [3.63, 3.8) is 0 Å². The molecule has 0 aromatic rings. The average molecular weight is 380 g/mol. The number of carbonyl (C=O) groups is 3. The van der Waals surface area contributed by atoms with E-state index in [-0.39, 0.29) is 18.1 Å². The Labute approximate surface area is 157 Å². The summed E-state index contributed by atoms with van der Waals surface area (Å²) >= 11 is 0. The minimum Gasteiger partial charge on any atom is -0.455 e. The summed E-state index contributed by atoms with van der Waals surface area (Å²) in [7, 11) is 0. The molecule has 8 nitrogen and oxygen atoms in total. The van der Waals surface area contributed by atoms with Gasteiger partial charge in [-0.2, -0.15) is 0 Å². The molecule has 0 amide bonds. The van der Waals surface area contributed by atoms with E-state index in [1.165, 1.54) is 13.8 Å². The van der Waals surface area contributed by atoms with Gasteiger partial charge in [-0.1, -0.05) is 0 Å². The van der Waals surface area contributed by atoms with Gasteiger partial charge in [-0.3, -0.25) is 9.59 Å². The Kier molecular flexibility index (Phi) is 3.79. The monoisotopic (exact) mass is 380 g/mol. The largest absolute Gasteiger partial charge is 0.455 e. The van der Waals surface area contributed by atoms with Gasteiger partial charge >= 0.3 is 17.9 Å². The molecule has 0 bridgehead atoms. The smallest absolute Gasteiger partial charge is 0.337 e. The van der Waals surface area contributed by atoms with Crippen LogP contribution in [0.3, 0.4) is 0 Å². The maximum Gasteiger partial charge on any atom is 0.337 e. The van der Waals surface area contributed by atoms with Crippen molar-refractivity contribution in [2.45, 2.75) is 89.2 Å². The number of hydrogen-bond acceptors (Lipinski definition) is 8. The van der Waals surface area contributed by atoms with Crippen LogP contribution < -0.4 is 0 Å². The zero-order chi connectivity index (χ0) is 19.8. The van der Waals surface area contributed by atoms with E-state index in [4.69, 9.17) is 23.7 Å². The summed E-state index contributed by atoms with van der Waals surface area (Å²) in [6.07, 6.45) is 0.258. The molecule has 0 N–H and O–H groups in total. The zero-order valence-electron chi connectivity index (χ0n) is 16.1. The van der Waals surface area contributed by atoms with Gasteiger partial charge in [0.15, 0.2) is 6.10 Å². The van der Waals surface area contributed by atoms with E-state index < -0.39 is 47.1 Å². The Hall–Kier alpha value is -1.93. The van der Waals surface area contributed by atoms with Crippen LogP contribution in [0.15, 0.2) is 11.1 Å². The molecule has 0 spiro atoms. The molecule has 0 aromatic carbocycles. The molecule has 4 aliphatic rings. The van der Waals surface area contributed by atoms with Gasteiger partial charge in [-0.15, -0.1) is 0 Å². The molecule has 3 fully saturated rings. The summed E-state index contributed by atoms with van der Waals surface area (Å²) in [4.78, 5) is 36.2. The van der Waals surface area contributed by atoms with Crippen molar-refractivity contribution in [2.75, 3.05) is 0 Å². The van der Waals surface area contributed by atoms with E-state index in [0.29, 0.717) is 5.57 Å². The van der Waals surface area contributed by atoms with Crippen LogP contribution >= 0.6 is 0 Å². The lowest BCUT2D eigenvalue weighted by Gasteiger charge is -2.35. The highest BCUT2D eigenvalue weighted by atomic mass is 16.7. The van der Waals surface area contributed by atoms with Crippen molar-refractivity contribution in [3.8, 4) is 0 Å². The number of epoxide rings is 2. The molecule has 3 aliphatic heterocycles. The maximum atomic E-state index is 12.5. The van der Waals surface area contributed by atoms with E-state index in [1.807, 2.05) is 13.8 Å². The molecule has 2 saturated heterocycles. The van der Waals surface area contributed by atoms with Crippen molar-refractivity contribution in [2.24, 2.45) is 0 Å². The van der Waals surface area contributed by atoms with Gasteiger partial charge in [-0.25, -0.2) is 4.79 Å². The molecule has 27 heavy (non-hydrogen) atoms. The molecule has 148 valence electrons. The van der Waals surface area contributed by atoms with Gasteiger partial charge in [0, 0.05) is 19.4 Å². The summed E-state index contributed by atoms with van der Waals surface area (Å²) in [6.45, 7) is 7.97. The molecule has 3 heterocycles. The third kappa shape index (κ3) is 2.86. The van der Waals surface area contributed by atoms with Crippen LogP contribution in [0.4, 0.5) is 0 Å². The van der Waals surface area contributed by atoms with E-state index in [9.17, 15) is 14.4 Å². The minimum absolute atomic E-state index is 0.0438. The normalized spacial score (nSPS) is 45.1. The first-order valence-corrected chi connectivity index (χ1v) is 9.17. The van der Waals surface area contributed by atoms with Crippen LogP contribution in [0.2, 0.25) is 0 Å². The highest BCUT2D eigenvalue weighted by Crippen LogP contribution is 2.57. The van der Waals surface area contributed by atoms with Gasteiger partial charge < -0.3 is 23.7 Å². The Morgan fingerprint density at radius 2 is 1.81 bits per heavy atom. The van der Waals surface area contributed by atoms with Crippen molar-refractivity contribution >= 4 is 17.9 Å². The molecule has 4 rings (SSSR count). The van der Waals surface area contributed by atoms with Crippen LogP contribution in [-0.4, -0.2) is 53.2 Å². The number of esters is 3. The van der Waals surface area contributed by atoms with Crippen molar-refractivity contribution < 1.29 is 38.1 Å². The van der Waals surface area contributed by atoms with E-state index in [1.54, 1.807) is 6.92 Å². The second kappa shape index (κ2) is 5.54. The Bertz CT molecular complexity index is 772. The fourth-order valence-electron chi connectivity index (χ4n) is 4.56. The first-order valence-electron chi connectivity index (χ1n) is 9.17. The first-order chi connectivity index (χ1) is 12.5. The Morgan fingerprint density at radius 1 is 1.11 bits per heavy atom. The number of rotatable bonds is 2. The highest BCUT2D eigenvalue weighted by molar-refractivity contribution is 5.93. The van der Waals surface area contributed by atoms with E-state index >= 15 is 0 Å². The highest BCUT2D eigenvalue weighted by Gasteiger charge is 2.69. The first kappa shape index (κ1) is 18.4. The standard InChI is InChI=1S/C19H24O8/c1-9-13-14(23-10(2)20)15-17(4,26-15)7-6-12-18(5,25-12)8-19(13,24-11(3)21)27-16(9)22/h12,14-15H,6-8H2,1-5H3/t12-,14-,15-,17-,18-,19-/m1/s1. The SMILES string of the molecule is CC(=O)O[C@@H]1C2=C(C)C(=O)O[C@]2(OC(C)=O)C[C@@]2(C)O[C@@H]2CC[C@@]2(C)O[C@H]12. The fourth-order valence-corrected chi connectivity index (χ4v) is 4.56. The van der Waals surface area contributed by atoms with Gasteiger partial charge in [0.05, 0.1) is 29.3 Å². The number of ether oxygens (including phenoxy) is 5. The van der Waals surface area contributed by atoms with Gasteiger partial charge in [0.1, 0.15) is 6.10 Å². The molecular weight excluding hydrogens is 356 g/mol. The molecule has 1 aliphatic carbocycles. The van der Waals surface area contributed by atoms with E-state index in [0.717, 1.165) is 12.8 Å². The lowest BCUT2D eigenvalue weighted by Crippen LogP contribution is -2.47. The molecule has 6 atom stereocenters. The molecular formula is C19H24O8. The quantitative estimate of drug-likeness (QED) is 0.525. The fraction of sp³-hybridized carbons (Fsp3) is 0.737. The van der Waals surface area contributed by atoms with Crippen LogP contribution in [0, 0.1) is 0 Å². The summed E-state index contributed by atoms with van der Waals surface area (Å²) < 4.78 is 28.6. The summed E-state index contributed by atoms with van der Waals surface area (Å²) in [6, 6.07) is 0. The molecule has 0 unspecified atom stereocenters. The minimum atomic E-state index is -1.67. The van der Waals surface area contributed by atoms with Crippen molar-refractivity contribution in [1.82, 2.24) is 0 Å². The van der Waals surface area contributed by atoms with Crippen LogP contribution in [0.5, 0.6) is 0 Å². The number of hydrogen-bond donors (Lipinski definition) is 0. The average Bonchev–Trinajstić information content (AvgIpc) is 3.35.